The maximum Gasteiger partial charge on any atom is 0.510 e. The first kappa shape index (κ1) is 36.2. The van der Waals surface area contributed by atoms with E-state index in [9.17, 15) is 39.3 Å². The molecule has 7 rings (SSSR count). The van der Waals surface area contributed by atoms with Gasteiger partial charge in [0.15, 0.2) is 23.9 Å². The van der Waals surface area contributed by atoms with E-state index in [1.54, 1.807) is 26.8 Å². The first-order valence-corrected chi connectivity index (χ1v) is 17.2. The van der Waals surface area contributed by atoms with E-state index in [0.717, 1.165) is 27.9 Å². The van der Waals surface area contributed by atoms with Crippen LogP contribution in [-0.2, 0) is 52.3 Å². The van der Waals surface area contributed by atoms with Crippen molar-refractivity contribution < 1.29 is 76.9 Å². The molecule has 1 aromatic rings. The van der Waals surface area contributed by atoms with Gasteiger partial charge >= 0.3 is 30.0 Å². The van der Waals surface area contributed by atoms with E-state index in [0.29, 0.717) is 0 Å². The number of aliphatic hydroxyl groups excluding tert-OH is 1. The SMILES string of the molecule is CCC1=C[C@@H]2[C@](C)([C@@H](OC(C)=O)c3ccoc3)[C@@H](OC(C)=O)[C@@H](OC(C)=O)[C@@]34OC(=O)O[C@@]23[C@H](O1)[C@@]1(O)[C@@H](O)[C@@]2(C)C[C@@]1(O)[C@@]4(C)[C@H]2CC(=O)OC. The summed E-state index contributed by atoms with van der Waals surface area (Å²) in [5.74, 6) is -5.60. The Morgan fingerprint density at radius 1 is 1.00 bits per heavy atom. The molecule has 3 N–H and O–H groups in total. The molecule has 4 saturated carbocycles. The van der Waals surface area contributed by atoms with Crippen LogP contribution in [0.3, 0.4) is 0 Å². The van der Waals surface area contributed by atoms with Crippen molar-refractivity contribution >= 4 is 30.0 Å². The number of ether oxygens (including phenoxy) is 7. The number of esters is 4. The number of carbonyl (C=O) groups excluding carboxylic acids is 5. The molecule has 3 heterocycles. The molecule has 284 valence electrons. The Balaban J connectivity index is 1.68. The van der Waals surface area contributed by atoms with Gasteiger partial charge in [-0.15, -0.1) is 0 Å². The molecule has 1 saturated heterocycles. The van der Waals surface area contributed by atoms with Crippen LogP contribution in [0.2, 0.25) is 0 Å². The molecule has 0 aromatic carbocycles. The second-order valence-corrected chi connectivity index (χ2v) is 15.7. The first-order chi connectivity index (χ1) is 24.2. The molecule has 4 aliphatic carbocycles. The van der Waals surface area contributed by atoms with Crippen LogP contribution in [0.15, 0.2) is 34.8 Å². The Hall–Kier alpha value is -4.15. The van der Waals surface area contributed by atoms with Crippen molar-refractivity contribution in [2.75, 3.05) is 7.11 Å². The third-order valence-corrected chi connectivity index (χ3v) is 13.6. The number of hydrogen-bond donors (Lipinski definition) is 3. The lowest BCUT2D eigenvalue weighted by Crippen LogP contribution is -2.96. The smallest absolute Gasteiger partial charge is 0.487 e. The van der Waals surface area contributed by atoms with Crippen molar-refractivity contribution in [3.8, 4) is 0 Å². The van der Waals surface area contributed by atoms with E-state index < -0.39 is 117 Å². The molecule has 16 nitrogen and oxygen atoms in total. The molecule has 2 aliphatic heterocycles. The van der Waals surface area contributed by atoms with Gasteiger partial charge in [-0.3, -0.25) is 19.2 Å². The van der Waals surface area contributed by atoms with E-state index in [-0.39, 0.29) is 24.2 Å². The van der Waals surface area contributed by atoms with Gasteiger partial charge in [0, 0.05) is 50.5 Å². The van der Waals surface area contributed by atoms with Gasteiger partial charge in [0.1, 0.15) is 11.7 Å². The van der Waals surface area contributed by atoms with Crippen molar-refractivity contribution in [1.29, 1.82) is 0 Å². The van der Waals surface area contributed by atoms with E-state index in [4.69, 9.17) is 37.6 Å². The largest absolute Gasteiger partial charge is 0.510 e. The van der Waals surface area contributed by atoms with Gasteiger partial charge in [0.05, 0.1) is 42.3 Å². The fourth-order valence-corrected chi connectivity index (χ4v) is 11.9. The number of furan rings is 1. The van der Waals surface area contributed by atoms with Crippen LogP contribution >= 0.6 is 0 Å². The summed E-state index contributed by atoms with van der Waals surface area (Å²) in [5.41, 5.74) is -15.0. The molecular weight excluding hydrogens is 688 g/mol. The number of aliphatic hydroxyl groups is 3. The highest BCUT2D eigenvalue weighted by molar-refractivity contribution is 5.74. The summed E-state index contributed by atoms with van der Waals surface area (Å²) in [4.78, 5) is 66.9. The zero-order chi connectivity index (χ0) is 38.2. The summed E-state index contributed by atoms with van der Waals surface area (Å²) in [7, 11) is 1.16. The van der Waals surface area contributed by atoms with Crippen LogP contribution in [0.5, 0.6) is 0 Å². The highest BCUT2D eigenvalue weighted by atomic mass is 16.8. The number of fused-ring (bicyclic) bond motifs is 2. The van der Waals surface area contributed by atoms with Crippen molar-refractivity contribution in [1.82, 2.24) is 0 Å². The van der Waals surface area contributed by atoms with Crippen LogP contribution in [0.4, 0.5) is 4.79 Å². The summed E-state index contributed by atoms with van der Waals surface area (Å²) in [6.45, 7) is 9.74. The number of allylic oxidation sites excluding steroid dienone is 1. The Labute approximate surface area is 298 Å². The summed E-state index contributed by atoms with van der Waals surface area (Å²) >= 11 is 0. The molecule has 14 atom stereocenters. The molecular formula is C36H44O16. The molecule has 6 aliphatic rings. The second kappa shape index (κ2) is 10.9. The van der Waals surface area contributed by atoms with E-state index in [2.05, 4.69) is 0 Å². The highest BCUT2D eigenvalue weighted by Crippen LogP contribution is 2.85. The van der Waals surface area contributed by atoms with Gasteiger partial charge in [0.2, 0.25) is 11.2 Å². The average Bonchev–Trinajstić information content (AvgIpc) is 3.79. The lowest BCUT2D eigenvalue weighted by atomic mass is 9.32. The molecule has 1 spiro atoms. The minimum absolute atomic E-state index is 0.181. The van der Waals surface area contributed by atoms with Crippen molar-refractivity contribution in [2.24, 2.45) is 28.1 Å². The minimum Gasteiger partial charge on any atom is -0.487 e. The highest BCUT2D eigenvalue weighted by Gasteiger charge is 3.03. The average molecular weight is 733 g/mol. The third kappa shape index (κ3) is 3.75. The molecule has 2 bridgehead atoms. The molecule has 1 aromatic heterocycles. The van der Waals surface area contributed by atoms with Crippen LogP contribution in [-0.4, -0.2) is 99.3 Å². The summed E-state index contributed by atoms with van der Waals surface area (Å²) in [6.07, 6.45) is -6.32. The predicted molar refractivity (Wildman–Crippen MR) is 169 cm³/mol. The number of carbonyl (C=O) groups is 5. The topological polar surface area (TPSA) is 224 Å². The van der Waals surface area contributed by atoms with Crippen LogP contribution in [0.25, 0.3) is 0 Å². The van der Waals surface area contributed by atoms with Crippen LogP contribution < -0.4 is 0 Å². The Morgan fingerprint density at radius 2 is 1.65 bits per heavy atom. The maximum atomic E-state index is 14.1. The predicted octanol–water partition coefficient (Wildman–Crippen LogP) is 2.17. The van der Waals surface area contributed by atoms with Crippen LogP contribution in [0.1, 0.15) is 79.4 Å². The van der Waals surface area contributed by atoms with E-state index >= 15 is 0 Å². The zero-order valence-corrected chi connectivity index (χ0v) is 30.1. The molecule has 5 fully saturated rings. The third-order valence-electron chi connectivity index (χ3n) is 13.6. The maximum absolute atomic E-state index is 14.1. The second-order valence-electron chi connectivity index (χ2n) is 15.7. The quantitative estimate of drug-likeness (QED) is 0.257. The summed E-state index contributed by atoms with van der Waals surface area (Å²) < 4.78 is 48.1. The Kier molecular flexibility index (Phi) is 7.63. The van der Waals surface area contributed by atoms with Gasteiger partial charge in [-0.05, 0) is 24.5 Å². The molecule has 0 unspecified atom stereocenters. The van der Waals surface area contributed by atoms with Gasteiger partial charge < -0.3 is 52.9 Å². The number of hydrogen-bond acceptors (Lipinski definition) is 16. The van der Waals surface area contributed by atoms with Crippen molar-refractivity contribution in [3.05, 3.63) is 36.0 Å². The Bertz CT molecular complexity index is 1770. The first-order valence-electron chi connectivity index (χ1n) is 17.2. The molecule has 0 amide bonds. The standard InChI is InChI=1S/C36H44O16/c1-9-20-12-22-31(6,24(47-16(2)37)19-10-11-46-14-19)25(48-17(3)38)26(49-18(4)39)36-32(7)21(13-23(40)45-8)30(5)15-33(32,43)34(44,27(30)41)28(50-20)35(22,36)51-29(42)52-36/h10-12,14,21-22,24-28,41,43-44H,9,13,15H2,1-8H3/t21-,22+,24-,25-,26+,27-,28+,30-,31+,32+,33+,34-,35+,36-/m0/s1. The molecule has 0 radical (unpaired) electrons. The normalized spacial score (nSPS) is 46.7. The summed E-state index contributed by atoms with van der Waals surface area (Å²) in [6, 6.07) is 1.52. The minimum atomic E-state index is -2.64. The number of methoxy groups -OCH3 is 1. The lowest BCUT2D eigenvalue weighted by Gasteiger charge is -2.76. The fraction of sp³-hybridized carbons (Fsp3) is 0.694. The van der Waals surface area contributed by atoms with Crippen molar-refractivity contribution in [3.63, 3.8) is 0 Å². The Morgan fingerprint density at radius 3 is 2.21 bits per heavy atom. The van der Waals surface area contributed by atoms with Gasteiger partial charge in [0.25, 0.3) is 0 Å². The van der Waals surface area contributed by atoms with E-state index in [1.165, 1.54) is 25.5 Å². The molecule has 16 heteroatoms. The van der Waals surface area contributed by atoms with Gasteiger partial charge in [-0.2, -0.15) is 0 Å². The zero-order valence-electron chi connectivity index (χ0n) is 30.1. The molecule has 52 heavy (non-hydrogen) atoms. The van der Waals surface area contributed by atoms with Crippen molar-refractivity contribution in [2.45, 2.75) is 121 Å². The number of rotatable bonds is 8. The van der Waals surface area contributed by atoms with Crippen LogP contribution in [0, 0.1) is 28.1 Å². The van der Waals surface area contributed by atoms with E-state index in [1.807, 2.05) is 0 Å². The van der Waals surface area contributed by atoms with Gasteiger partial charge in [-0.25, -0.2) is 4.79 Å². The van der Waals surface area contributed by atoms with Gasteiger partial charge in [-0.1, -0.05) is 27.7 Å². The lowest BCUT2D eigenvalue weighted by molar-refractivity contribution is -0.436. The fourth-order valence-electron chi connectivity index (χ4n) is 11.9. The summed E-state index contributed by atoms with van der Waals surface area (Å²) in [5, 5.41) is 38.8. The monoisotopic (exact) mass is 732 g/mol.